The van der Waals surface area contributed by atoms with E-state index >= 15 is 0 Å². The van der Waals surface area contributed by atoms with Crippen LogP contribution in [0.2, 0.25) is 0 Å². The highest BCUT2D eigenvalue weighted by atomic mass is 79.9. The van der Waals surface area contributed by atoms with Crippen molar-refractivity contribution in [2.45, 2.75) is 5.60 Å². The van der Waals surface area contributed by atoms with E-state index in [4.69, 9.17) is 4.74 Å². The van der Waals surface area contributed by atoms with Crippen LogP contribution in [0.4, 0.5) is 0 Å². The van der Waals surface area contributed by atoms with Crippen molar-refractivity contribution < 1.29 is 9.84 Å². The van der Waals surface area contributed by atoms with E-state index in [2.05, 4.69) is 34.1 Å². The Hall–Kier alpha value is -2.88. The summed E-state index contributed by atoms with van der Waals surface area (Å²) in [7, 11) is 0. The molecule has 0 amide bonds. The molecule has 1 aliphatic heterocycles. The molecule has 0 spiro atoms. The van der Waals surface area contributed by atoms with E-state index in [0.29, 0.717) is 11.5 Å². The molecule has 28 heavy (non-hydrogen) atoms. The lowest BCUT2D eigenvalue weighted by Gasteiger charge is -2.38. The predicted octanol–water partition coefficient (Wildman–Crippen LogP) is 6.51. The van der Waals surface area contributed by atoms with Crippen LogP contribution in [-0.4, -0.2) is 5.11 Å². The van der Waals surface area contributed by atoms with Crippen molar-refractivity contribution in [3.8, 4) is 22.6 Å². The van der Waals surface area contributed by atoms with Gasteiger partial charge in [0.25, 0.3) is 0 Å². The largest absolute Gasteiger partial charge is 0.455 e. The molecule has 5 rings (SSSR count). The first-order valence-corrected chi connectivity index (χ1v) is 9.92. The number of hydrogen-bond acceptors (Lipinski definition) is 2. The van der Waals surface area contributed by atoms with Gasteiger partial charge in [-0.25, -0.2) is 0 Å². The molecular weight excluding hydrogens is 412 g/mol. The maximum atomic E-state index is 12.3. The van der Waals surface area contributed by atoms with Crippen LogP contribution in [0.1, 0.15) is 16.7 Å². The summed E-state index contributed by atoms with van der Waals surface area (Å²) in [4.78, 5) is 0. The maximum absolute atomic E-state index is 12.3. The van der Waals surface area contributed by atoms with Crippen LogP contribution in [0, 0.1) is 0 Å². The van der Waals surface area contributed by atoms with E-state index in [1.807, 2.05) is 78.9 Å². The third kappa shape index (κ3) is 2.51. The van der Waals surface area contributed by atoms with Crippen LogP contribution in [0.15, 0.2) is 102 Å². The van der Waals surface area contributed by atoms with Gasteiger partial charge in [0, 0.05) is 16.7 Å². The molecule has 1 aliphatic rings. The highest BCUT2D eigenvalue weighted by Crippen LogP contribution is 2.53. The Balaban J connectivity index is 1.86. The lowest BCUT2D eigenvalue weighted by molar-refractivity contribution is 0.113. The molecule has 2 nitrogen and oxygen atoms in total. The summed E-state index contributed by atoms with van der Waals surface area (Å²) in [6, 6.07) is 31.6. The van der Waals surface area contributed by atoms with E-state index in [1.165, 1.54) is 0 Å². The zero-order chi connectivity index (χ0) is 19.1. The minimum absolute atomic E-state index is 0.645. The number of halogens is 1. The van der Waals surface area contributed by atoms with Gasteiger partial charge in [0.1, 0.15) is 17.1 Å². The molecule has 136 valence electrons. The second kappa shape index (κ2) is 6.62. The van der Waals surface area contributed by atoms with Gasteiger partial charge in [-0.1, -0.05) is 84.9 Å². The average Bonchev–Trinajstić information content (AvgIpc) is 2.75. The first kappa shape index (κ1) is 17.2. The second-order valence-electron chi connectivity index (χ2n) is 6.84. The highest BCUT2D eigenvalue weighted by Gasteiger charge is 2.43. The molecule has 0 fully saturated rings. The number of fused-ring (bicyclic) bond motifs is 2. The lowest BCUT2D eigenvalue weighted by Crippen LogP contribution is -2.33. The first-order valence-electron chi connectivity index (χ1n) is 9.13. The van der Waals surface area contributed by atoms with Crippen LogP contribution in [0.3, 0.4) is 0 Å². The van der Waals surface area contributed by atoms with Gasteiger partial charge >= 0.3 is 0 Å². The van der Waals surface area contributed by atoms with Gasteiger partial charge < -0.3 is 9.84 Å². The Morgan fingerprint density at radius 1 is 0.643 bits per heavy atom. The molecule has 1 unspecified atom stereocenters. The topological polar surface area (TPSA) is 29.5 Å². The van der Waals surface area contributed by atoms with Crippen molar-refractivity contribution >= 4 is 15.9 Å². The van der Waals surface area contributed by atoms with Gasteiger partial charge in [-0.15, -0.1) is 0 Å². The van der Waals surface area contributed by atoms with Crippen molar-refractivity contribution in [3.63, 3.8) is 0 Å². The average molecular weight is 429 g/mol. The fraction of sp³-hybridized carbons (Fsp3) is 0.0400. The maximum Gasteiger partial charge on any atom is 0.148 e. The summed E-state index contributed by atoms with van der Waals surface area (Å²) < 4.78 is 6.98. The molecule has 4 aromatic rings. The van der Waals surface area contributed by atoms with E-state index in [9.17, 15) is 5.11 Å². The molecule has 4 aromatic carbocycles. The predicted molar refractivity (Wildman–Crippen MR) is 115 cm³/mol. The molecule has 0 saturated carbocycles. The van der Waals surface area contributed by atoms with Crippen LogP contribution in [0.25, 0.3) is 11.1 Å². The molecule has 0 saturated heterocycles. The first-order chi connectivity index (χ1) is 13.7. The minimum Gasteiger partial charge on any atom is -0.455 e. The summed E-state index contributed by atoms with van der Waals surface area (Å²) in [5.41, 5.74) is 3.02. The molecule has 0 aromatic heterocycles. The van der Waals surface area contributed by atoms with Crippen LogP contribution >= 0.6 is 15.9 Å². The van der Waals surface area contributed by atoms with Crippen molar-refractivity contribution in [2.75, 3.05) is 0 Å². The Kier molecular flexibility index (Phi) is 4.08. The summed E-state index contributed by atoms with van der Waals surface area (Å²) >= 11 is 3.59. The fourth-order valence-electron chi connectivity index (χ4n) is 3.97. The van der Waals surface area contributed by atoms with Crippen LogP contribution < -0.4 is 4.74 Å². The number of aliphatic hydroxyl groups is 1. The highest BCUT2D eigenvalue weighted by molar-refractivity contribution is 9.10. The smallest absolute Gasteiger partial charge is 0.148 e. The van der Waals surface area contributed by atoms with E-state index in [0.717, 1.165) is 32.3 Å². The quantitative estimate of drug-likeness (QED) is 0.394. The number of rotatable bonds is 2. The van der Waals surface area contributed by atoms with Gasteiger partial charge in [0.15, 0.2) is 0 Å². The summed E-state index contributed by atoms with van der Waals surface area (Å²) in [5.74, 6) is 1.30. The molecule has 3 heteroatoms. The third-order valence-electron chi connectivity index (χ3n) is 5.25. The molecule has 0 radical (unpaired) electrons. The number of benzene rings is 4. The molecular formula is C25H17BrO2. The van der Waals surface area contributed by atoms with Crippen molar-refractivity contribution in [2.24, 2.45) is 0 Å². The van der Waals surface area contributed by atoms with Gasteiger partial charge in [0.2, 0.25) is 0 Å². The van der Waals surface area contributed by atoms with Gasteiger partial charge in [0.05, 0.1) is 4.47 Å². The lowest BCUT2D eigenvalue weighted by atomic mass is 9.75. The zero-order valence-corrected chi connectivity index (χ0v) is 16.6. The van der Waals surface area contributed by atoms with Crippen LogP contribution in [-0.2, 0) is 5.60 Å². The van der Waals surface area contributed by atoms with E-state index in [-0.39, 0.29) is 0 Å². The van der Waals surface area contributed by atoms with Crippen molar-refractivity contribution in [1.29, 1.82) is 0 Å². The van der Waals surface area contributed by atoms with Gasteiger partial charge in [-0.2, -0.15) is 0 Å². The molecule has 1 atom stereocenters. The summed E-state index contributed by atoms with van der Waals surface area (Å²) in [6.45, 7) is 0. The van der Waals surface area contributed by atoms with E-state index in [1.54, 1.807) is 0 Å². The Bertz CT molecular complexity index is 1170. The Morgan fingerprint density at radius 3 is 2.11 bits per heavy atom. The van der Waals surface area contributed by atoms with Crippen molar-refractivity contribution in [3.05, 3.63) is 118 Å². The Morgan fingerprint density at radius 2 is 1.29 bits per heavy atom. The Labute approximate surface area is 172 Å². The minimum atomic E-state index is -1.33. The second-order valence-corrected chi connectivity index (χ2v) is 7.69. The SMILES string of the molecule is OC1(c2ccccc2-c2ccccc2)c2ccccc2Oc2c(Br)cccc21. The van der Waals surface area contributed by atoms with Crippen molar-refractivity contribution in [1.82, 2.24) is 0 Å². The number of hydrogen-bond donors (Lipinski definition) is 1. The molecule has 1 heterocycles. The van der Waals surface area contributed by atoms with E-state index < -0.39 is 5.60 Å². The number of ether oxygens (including phenoxy) is 1. The molecule has 1 N–H and O–H groups in total. The monoisotopic (exact) mass is 428 g/mol. The fourth-order valence-corrected chi connectivity index (χ4v) is 4.41. The third-order valence-corrected chi connectivity index (χ3v) is 5.87. The summed E-state index contributed by atoms with van der Waals surface area (Å²) in [6.07, 6.45) is 0. The number of para-hydroxylation sites is 2. The van der Waals surface area contributed by atoms with Crippen LogP contribution in [0.5, 0.6) is 11.5 Å². The van der Waals surface area contributed by atoms with Gasteiger partial charge in [-0.05, 0) is 39.2 Å². The standard InChI is InChI=1S/C25H17BrO2/c26-22-15-8-14-21-24(22)28-23-16-7-6-13-20(23)25(21,27)19-12-5-4-11-18(19)17-9-2-1-3-10-17/h1-16,27H. The molecule has 0 bridgehead atoms. The zero-order valence-electron chi connectivity index (χ0n) is 15.0. The normalized spacial score (nSPS) is 17.4. The summed E-state index contributed by atoms with van der Waals surface area (Å²) in [5, 5.41) is 12.3. The van der Waals surface area contributed by atoms with Gasteiger partial charge in [-0.3, -0.25) is 0 Å². The molecule has 0 aliphatic carbocycles.